The molecule has 2 rings (SSSR count). The number of hydrogen-bond acceptors (Lipinski definition) is 2. The van der Waals surface area contributed by atoms with Crippen LogP contribution in [-0.4, -0.2) is 5.78 Å². The maximum Gasteiger partial charge on any atom is 0.167 e. The summed E-state index contributed by atoms with van der Waals surface area (Å²) in [4.78, 5) is 12.1. The SMILES string of the molecule is NCc1ccccc1CC(=O)c1cccc(Cl)c1. The highest BCUT2D eigenvalue weighted by molar-refractivity contribution is 6.31. The highest BCUT2D eigenvalue weighted by Gasteiger charge is 2.09. The molecule has 0 aliphatic carbocycles. The third kappa shape index (κ3) is 2.97. The molecule has 0 fully saturated rings. The first-order valence-electron chi connectivity index (χ1n) is 5.76. The van der Waals surface area contributed by atoms with Gasteiger partial charge in [0.15, 0.2) is 5.78 Å². The quantitative estimate of drug-likeness (QED) is 0.857. The van der Waals surface area contributed by atoms with Gasteiger partial charge in [0.2, 0.25) is 0 Å². The first-order valence-corrected chi connectivity index (χ1v) is 6.14. The molecule has 0 amide bonds. The van der Waals surface area contributed by atoms with Gasteiger partial charge in [-0.05, 0) is 23.3 Å². The highest BCUT2D eigenvalue weighted by Crippen LogP contribution is 2.15. The molecule has 0 atom stereocenters. The lowest BCUT2D eigenvalue weighted by Crippen LogP contribution is -2.08. The van der Waals surface area contributed by atoms with E-state index in [1.807, 2.05) is 24.3 Å². The Hall–Kier alpha value is -1.64. The van der Waals surface area contributed by atoms with Gasteiger partial charge in [0.05, 0.1) is 0 Å². The van der Waals surface area contributed by atoms with Crippen molar-refractivity contribution in [3.8, 4) is 0 Å². The van der Waals surface area contributed by atoms with Gasteiger partial charge in [-0.3, -0.25) is 4.79 Å². The number of nitrogens with two attached hydrogens (primary N) is 1. The van der Waals surface area contributed by atoms with Crippen LogP contribution in [0.2, 0.25) is 5.02 Å². The maximum atomic E-state index is 12.1. The van der Waals surface area contributed by atoms with Crippen LogP contribution in [0.4, 0.5) is 0 Å². The van der Waals surface area contributed by atoms with Crippen LogP contribution < -0.4 is 5.73 Å². The number of carbonyl (C=O) groups excluding carboxylic acids is 1. The zero-order valence-electron chi connectivity index (χ0n) is 9.90. The summed E-state index contributed by atoms with van der Waals surface area (Å²) in [5.74, 6) is 0.0541. The van der Waals surface area contributed by atoms with Crippen LogP contribution in [0.5, 0.6) is 0 Å². The third-order valence-electron chi connectivity index (χ3n) is 2.84. The monoisotopic (exact) mass is 259 g/mol. The molecule has 2 aromatic rings. The standard InChI is InChI=1S/C15H14ClNO/c16-14-7-3-6-12(8-14)15(18)9-11-4-1-2-5-13(11)10-17/h1-8H,9-10,17H2. The average molecular weight is 260 g/mol. The zero-order valence-corrected chi connectivity index (χ0v) is 10.7. The number of benzene rings is 2. The van der Waals surface area contributed by atoms with Gasteiger partial charge in [-0.1, -0.05) is 48.0 Å². The molecule has 0 heterocycles. The van der Waals surface area contributed by atoms with Crippen molar-refractivity contribution in [3.05, 3.63) is 70.2 Å². The summed E-state index contributed by atoms with van der Waals surface area (Å²) in [5, 5.41) is 0.577. The van der Waals surface area contributed by atoms with Gasteiger partial charge < -0.3 is 5.73 Å². The van der Waals surface area contributed by atoms with E-state index in [4.69, 9.17) is 17.3 Å². The van der Waals surface area contributed by atoms with E-state index < -0.39 is 0 Å². The summed E-state index contributed by atoms with van der Waals surface area (Å²) in [6.45, 7) is 0.443. The molecule has 0 radical (unpaired) electrons. The van der Waals surface area contributed by atoms with Crippen molar-refractivity contribution >= 4 is 17.4 Å². The largest absolute Gasteiger partial charge is 0.326 e. The van der Waals surface area contributed by atoms with Crippen molar-refractivity contribution in [1.29, 1.82) is 0 Å². The summed E-state index contributed by atoms with van der Waals surface area (Å²) in [6.07, 6.45) is 0.355. The smallest absolute Gasteiger partial charge is 0.167 e. The molecule has 0 unspecified atom stereocenters. The lowest BCUT2D eigenvalue weighted by atomic mass is 9.99. The van der Waals surface area contributed by atoms with E-state index in [1.165, 1.54) is 0 Å². The van der Waals surface area contributed by atoms with Crippen LogP contribution >= 0.6 is 11.6 Å². The molecule has 2 N–H and O–H groups in total. The summed E-state index contributed by atoms with van der Waals surface area (Å²) >= 11 is 5.88. The van der Waals surface area contributed by atoms with E-state index in [2.05, 4.69) is 0 Å². The van der Waals surface area contributed by atoms with Crippen molar-refractivity contribution in [1.82, 2.24) is 0 Å². The molecule has 2 aromatic carbocycles. The normalized spacial score (nSPS) is 10.3. The molecular weight excluding hydrogens is 246 g/mol. The summed E-state index contributed by atoms with van der Waals surface area (Å²) in [6, 6.07) is 14.7. The van der Waals surface area contributed by atoms with Gasteiger partial charge >= 0.3 is 0 Å². The second-order valence-electron chi connectivity index (χ2n) is 4.08. The van der Waals surface area contributed by atoms with Gasteiger partial charge in [0.25, 0.3) is 0 Å². The Morgan fingerprint density at radius 1 is 1.06 bits per heavy atom. The molecule has 0 aromatic heterocycles. The zero-order chi connectivity index (χ0) is 13.0. The van der Waals surface area contributed by atoms with Gasteiger partial charge in [-0.2, -0.15) is 0 Å². The van der Waals surface area contributed by atoms with Crippen molar-refractivity contribution in [2.75, 3.05) is 0 Å². The molecule has 0 aliphatic heterocycles. The van der Waals surface area contributed by atoms with Crippen molar-refractivity contribution < 1.29 is 4.79 Å². The van der Waals surface area contributed by atoms with E-state index >= 15 is 0 Å². The van der Waals surface area contributed by atoms with Crippen LogP contribution in [0.3, 0.4) is 0 Å². The van der Waals surface area contributed by atoms with E-state index in [0.29, 0.717) is 23.6 Å². The fourth-order valence-corrected chi connectivity index (χ4v) is 2.06. The minimum atomic E-state index is 0.0541. The number of hydrogen-bond donors (Lipinski definition) is 1. The Kier molecular flexibility index (Phi) is 4.13. The summed E-state index contributed by atoms with van der Waals surface area (Å²) in [7, 11) is 0. The Balaban J connectivity index is 2.21. The Bertz CT molecular complexity index is 566. The Labute approximate surface area is 111 Å². The van der Waals surface area contributed by atoms with Gasteiger partial charge in [0, 0.05) is 23.6 Å². The minimum Gasteiger partial charge on any atom is -0.326 e. The third-order valence-corrected chi connectivity index (χ3v) is 3.07. The molecule has 0 saturated heterocycles. The molecule has 0 aliphatic rings. The van der Waals surface area contributed by atoms with Crippen LogP contribution in [0.1, 0.15) is 21.5 Å². The molecule has 18 heavy (non-hydrogen) atoms. The molecule has 2 nitrogen and oxygen atoms in total. The maximum absolute atomic E-state index is 12.1. The molecular formula is C15H14ClNO. The van der Waals surface area contributed by atoms with Gasteiger partial charge in [0.1, 0.15) is 0 Å². The molecule has 3 heteroatoms. The number of carbonyl (C=O) groups is 1. The molecule has 0 spiro atoms. The first kappa shape index (κ1) is 12.8. The second kappa shape index (κ2) is 5.80. The molecule has 0 saturated carbocycles. The Morgan fingerprint density at radius 3 is 2.44 bits per heavy atom. The second-order valence-corrected chi connectivity index (χ2v) is 4.52. The summed E-state index contributed by atoms with van der Waals surface area (Å²) in [5.41, 5.74) is 8.27. The minimum absolute atomic E-state index is 0.0541. The predicted molar refractivity (Wildman–Crippen MR) is 73.8 cm³/mol. The number of Topliss-reactive ketones (excluding diaryl/α,β-unsaturated/α-hetero) is 1. The van der Waals surface area contributed by atoms with Crippen LogP contribution in [0.15, 0.2) is 48.5 Å². The van der Waals surface area contributed by atoms with Gasteiger partial charge in [-0.15, -0.1) is 0 Å². The first-order chi connectivity index (χ1) is 8.70. The average Bonchev–Trinajstić information content (AvgIpc) is 2.39. The van der Waals surface area contributed by atoms with Crippen molar-refractivity contribution in [2.45, 2.75) is 13.0 Å². The van der Waals surface area contributed by atoms with Crippen molar-refractivity contribution in [2.24, 2.45) is 5.73 Å². The van der Waals surface area contributed by atoms with Crippen LogP contribution in [0, 0.1) is 0 Å². The predicted octanol–water partition coefficient (Wildman–Crippen LogP) is 3.22. The molecule has 0 bridgehead atoms. The van der Waals surface area contributed by atoms with E-state index in [0.717, 1.165) is 11.1 Å². The lowest BCUT2D eigenvalue weighted by Gasteiger charge is -2.07. The van der Waals surface area contributed by atoms with E-state index in [1.54, 1.807) is 24.3 Å². The van der Waals surface area contributed by atoms with E-state index in [9.17, 15) is 4.79 Å². The lowest BCUT2D eigenvalue weighted by molar-refractivity contribution is 0.0992. The highest BCUT2D eigenvalue weighted by atomic mass is 35.5. The summed E-state index contributed by atoms with van der Waals surface area (Å²) < 4.78 is 0. The number of halogens is 1. The number of rotatable bonds is 4. The fraction of sp³-hybridized carbons (Fsp3) is 0.133. The Morgan fingerprint density at radius 2 is 1.78 bits per heavy atom. The van der Waals surface area contributed by atoms with Gasteiger partial charge in [-0.25, -0.2) is 0 Å². The van der Waals surface area contributed by atoms with E-state index in [-0.39, 0.29) is 5.78 Å². The molecule has 92 valence electrons. The topological polar surface area (TPSA) is 43.1 Å². The van der Waals surface area contributed by atoms with Crippen LogP contribution in [-0.2, 0) is 13.0 Å². The fourth-order valence-electron chi connectivity index (χ4n) is 1.87. The number of ketones is 1. The van der Waals surface area contributed by atoms with Crippen molar-refractivity contribution in [3.63, 3.8) is 0 Å². The van der Waals surface area contributed by atoms with Crippen LogP contribution in [0.25, 0.3) is 0 Å².